The quantitative estimate of drug-likeness (QED) is 0.629. The largest absolute Gasteiger partial charge is 0.394 e. The van der Waals surface area contributed by atoms with Crippen LogP contribution in [0, 0.1) is 0 Å². The van der Waals surface area contributed by atoms with Crippen LogP contribution in [-0.2, 0) is 9.47 Å². The fourth-order valence-electron chi connectivity index (χ4n) is 2.07. The van der Waals surface area contributed by atoms with Crippen molar-refractivity contribution in [3.05, 3.63) is 0 Å². The highest BCUT2D eigenvalue weighted by Gasteiger charge is 2.37. The number of urea groups is 1. The SMILES string of the molecule is O=C(NC[C@H]1COCCO1)NC1(CO)CCC1. The number of rotatable bonds is 4. The lowest BCUT2D eigenvalue weighted by Crippen LogP contribution is -2.59. The monoisotopic (exact) mass is 244 g/mol. The molecule has 0 unspecified atom stereocenters. The van der Waals surface area contributed by atoms with E-state index in [0.29, 0.717) is 26.4 Å². The molecule has 0 spiro atoms. The number of nitrogens with one attached hydrogen (secondary N) is 2. The molecular formula is C11H20N2O4. The standard InChI is InChI=1S/C11H20N2O4/c14-8-11(2-1-3-11)13-10(15)12-6-9-7-16-4-5-17-9/h9,14H,1-8H2,(H2,12,13,15)/t9-/m0/s1. The average molecular weight is 244 g/mol. The summed E-state index contributed by atoms with van der Waals surface area (Å²) in [5, 5.41) is 14.8. The Morgan fingerprint density at radius 3 is 2.76 bits per heavy atom. The third kappa shape index (κ3) is 3.31. The third-order valence-corrected chi connectivity index (χ3v) is 3.37. The number of aliphatic hydroxyl groups excluding tert-OH is 1. The summed E-state index contributed by atoms with van der Waals surface area (Å²) < 4.78 is 10.6. The number of ether oxygens (including phenoxy) is 2. The van der Waals surface area contributed by atoms with Gasteiger partial charge in [0.05, 0.1) is 38.1 Å². The van der Waals surface area contributed by atoms with Crippen LogP contribution in [0.1, 0.15) is 19.3 Å². The zero-order valence-electron chi connectivity index (χ0n) is 9.91. The number of carbonyl (C=O) groups is 1. The van der Waals surface area contributed by atoms with Gasteiger partial charge in [-0.2, -0.15) is 0 Å². The van der Waals surface area contributed by atoms with Gasteiger partial charge in [0.1, 0.15) is 0 Å². The van der Waals surface area contributed by atoms with Crippen molar-refractivity contribution in [2.24, 2.45) is 0 Å². The number of hydrogen-bond acceptors (Lipinski definition) is 4. The maximum Gasteiger partial charge on any atom is 0.315 e. The van der Waals surface area contributed by atoms with Crippen LogP contribution in [0.5, 0.6) is 0 Å². The predicted octanol–water partition coefficient (Wildman–Crippen LogP) is -0.384. The first-order valence-electron chi connectivity index (χ1n) is 6.10. The van der Waals surface area contributed by atoms with Crippen molar-refractivity contribution >= 4 is 6.03 Å². The molecule has 6 nitrogen and oxygen atoms in total. The van der Waals surface area contributed by atoms with E-state index >= 15 is 0 Å². The van der Waals surface area contributed by atoms with Crippen molar-refractivity contribution in [2.45, 2.75) is 30.9 Å². The highest BCUT2D eigenvalue weighted by atomic mass is 16.6. The topological polar surface area (TPSA) is 79.8 Å². The van der Waals surface area contributed by atoms with Crippen LogP contribution in [0.3, 0.4) is 0 Å². The van der Waals surface area contributed by atoms with Gasteiger partial charge >= 0.3 is 6.03 Å². The molecule has 1 atom stereocenters. The summed E-state index contributed by atoms with van der Waals surface area (Å²) in [5.41, 5.74) is -0.395. The molecule has 2 aliphatic rings. The van der Waals surface area contributed by atoms with Crippen molar-refractivity contribution in [2.75, 3.05) is 33.0 Å². The fourth-order valence-corrected chi connectivity index (χ4v) is 2.07. The van der Waals surface area contributed by atoms with Crippen LogP contribution >= 0.6 is 0 Å². The Morgan fingerprint density at radius 1 is 1.41 bits per heavy atom. The molecule has 0 aromatic rings. The van der Waals surface area contributed by atoms with Gasteiger partial charge in [-0.25, -0.2) is 4.79 Å². The van der Waals surface area contributed by atoms with Gasteiger partial charge in [0.15, 0.2) is 0 Å². The van der Waals surface area contributed by atoms with Gasteiger partial charge in [0.2, 0.25) is 0 Å². The molecule has 2 amide bonds. The Morgan fingerprint density at radius 2 is 2.24 bits per heavy atom. The molecule has 1 saturated carbocycles. The second kappa shape index (κ2) is 5.66. The average Bonchev–Trinajstić information content (AvgIpc) is 2.33. The molecule has 2 fully saturated rings. The van der Waals surface area contributed by atoms with E-state index in [-0.39, 0.29) is 18.7 Å². The highest BCUT2D eigenvalue weighted by Crippen LogP contribution is 2.30. The van der Waals surface area contributed by atoms with E-state index in [1.807, 2.05) is 0 Å². The van der Waals surface area contributed by atoms with E-state index in [0.717, 1.165) is 19.3 Å². The van der Waals surface area contributed by atoms with Crippen LogP contribution < -0.4 is 10.6 Å². The minimum absolute atomic E-state index is 0.00343. The zero-order valence-corrected chi connectivity index (χ0v) is 9.91. The summed E-state index contributed by atoms with van der Waals surface area (Å²) in [5.74, 6) is 0. The van der Waals surface area contributed by atoms with Crippen LogP contribution in [0.25, 0.3) is 0 Å². The second-order valence-electron chi connectivity index (χ2n) is 4.69. The molecular weight excluding hydrogens is 224 g/mol. The first kappa shape index (κ1) is 12.6. The first-order valence-corrected chi connectivity index (χ1v) is 6.10. The lowest BCUT2D eigenvalue weighted by Gasteiger charge is -2.40. The van der Waals surface area contributed by atoms with E-state index in [4.69, 9.17) is 9.47 Å². The fraction of sp³-hybridized carbons (Fsp3) is 0.909. The molecule has 0 aromatic heterocycles. The van der Waals surface area contributed by atoms with Crippen LogP contribution in [0.4, 0.5) is 4.79 Å². The Kier molecular flexibility index (Phi) is 4.20. The summed E-state index contributed by atoms with van der Waals surface area (Å²) >= 11 is 0. The normalized spacial score (nSPS) is 27.0. The summed E-state index contributed by atoms with van der Waals surface area (Å²) in [4.78, 5) is 11.6. The Balaban J connectivity index is 1.66. The lowest BCUT2D eigenvalue weighted by atomic mass is 9.77. The van der Waals surface area contributed by atoms with Gasteiger partial charge in [-0.1, -0.05) is 0 Å². The molecule has 1 aliphatic carbocycles. The zero-order chi connectivity index (χ0) is 12.1. The molecule has 1 aliphatic heterocycles. The molecule has 17 heavy (non-hydrogen) atoms. The van der Waals surface area contributed by atoms with Gasteiger partial charge in [-0.15, -0.1) is 0 Å². The van der Waals surface area contributed by atoms with Crippen LogP contribution in [0.2, 0.25) is 0 Å². The van der Waals surface area contributed by atoms with Gasteiger partial charge in [-0.05, 0) is 19.3 Å². The van der Waals surface area contributed by atoms with Crippen molar-refractivity contribution in [3.8, 4) is 0 Å². The van der Waals surface area contributed by atoms with Crippen molar-refractivity contribution in [1.29, 1.82) is 0 Å². The van der Waals surface area contributed by atoms with Gasteiger partial charge in [0.25, 0.3) is 0 Å². The predicted molar refractivity (Wildman–Crippen MR) is 60.8 cm³/mol. The Hall–Kier alpha value is -0.850. The third-order valence-electron chi connectivity index (χ3n) is 3.37. The molecule has 2 rings (SSSR count). The minimum Gasteiger partial charge on any atom is -0.394 e. The van der Waals surface area contributed by atoms with E-state index in [1.54, 1.807) is 0 Å². The molecule has 3 N–H and O–H groups in total. The Labute approximate surface area is 101 Å². The maximum absolute atomic E-state index is 11.6. The van der Waals surface area contributed by atoms with E-state index in [2.05, 4.69) is 10.6 Å². The number of amides is 2. The Bertz CT molecular complexity index is 257. The second-order valence-corrected chi connectivity index (χ2v) is 4.69. The van der Waals surface area contributed by atoms with Gasteiger partial charge in [-0.3, -0.25) is 0 Å². The minimum atomic E-state index is -0.395. The van der Waals surface area contributed by atoms with Gasteiger partial charge in [0, 0.05) is 6.54 Å². The summed E-state index contributed by atoms with van der Waals surface area (Å²) in [7, 11) is 0. The molecule has 0 bridgehead atoms. The number of hydrogen-bond donors (Lipinski definition) is 3. The number of carbonyl (C=O) groups excluding carboxylic acids is 1. The summed E-state index contributed by atoms with van der Waals surface area (Å²) in [6.45, 7) is 2.16. The summed E-state index contributed by atoms with van der Waals surface area (Å²) in [6.07, 6.45) is 2.68. The van der Waals surface area contributed by atoms with E-state index in [1.165, 1.54) is 0 Å². The molecule has 98 valence electrons. The number of aliphatic hydroxyl groups is 1. The molecule has 1 saturated heterocycles. The van der Waals surface area contributed by atoms with Gasteiger partial charge < -0.3 is 25.2 Å². The summed E-state index contributed by atoms with van der Waals surface area (Å²) in [6, 6.07) is -0.243. The van der Waals surface area contributed by atoms with Crippen molar-refractivity contribution in [1.82, 2.24) is 10.6 Å². The van der Waals surface area contributed by atoms with Crippen molar-refractivity contribution < 1.29 is 19.4 Å². The maximum atomic E-state index is 11.6. The van der Waals surface area contributed by atoms with Crippen molar-refractivity contribution in [3.63, 3.8) is 0 Å². The lowest BCUT2D eigenvalue weighted by molar-refractivity contribution is -0.0854. The molecule has 0 radical (unpaired) electrons. The molecule has 0 aromatic carbocycles. The van der Waals surface area contributed by atoms with E-state index < -0.39 is 5.54 Å². The first-order chi connectivity index (χ1) is 8.24. The molecule has 6 heteroatoms. The molecule has 1 heterocycles. The smallest absolute Gasteiger partial charge is 0.315 e. The highest BCUT2D eigenvalue weighted by molar-refractivity contribution is 5.75. The van der Waals surface area contributed by atoms with Crippen LogP contribution in [-0.4, -0.2) is 55.8 Å². The van der Waals surface area contributed by atoms with E-state index in [9.17, 15) is 9.90 Å². The van der Waals surface area contributed by atoms with Crippen LogP contribution in [0.15, 0.2) is 0 Å².